The second-order valence-corrected chi connectivity index (χ2v) is 9.02. The number of rotatable bonds is 22. The number of nitrogens with zero attached hydrogens (tertiary/aromatic N) is 1. The molecular weight excluding hydrogens is 366 g/mol. The summed E-state index contributed by atoms with van der Waals surface area (Å²) in [5.41, 5.74) is 0. The van der Waals surface area contributed by atoms with Crippen LogP contribution in [0.25, 0.3) is 0 Å². The normalized spacial score (nSPS) is 10.7. The minimum atomic E-state index is -0.0922. The Balaban J connectivity index is 3.10. The number of hydrogen-bond acceptors (Lipinski definition) is 4. The van der Waals surface area contributed by atoms with Gasteiger partial charge in [0.2, 0.25) is 0 Å². The zero-order chi connectivity index (χ0) is 20.5. The third kappa shape index (κ3) is 23.3. The van der Waals surface area contributed by atoms with Crippen LogP contribution in [-0.4, -0.2) is 24.1 Å². The summed E-state index contributed by atoms with van der Waals surface area (Å²) < 4.78 is 5.25. The van der Waals surface area contributed by atoms with Gasteiger partial charge in [-0.2, -0.15) is 17.0 Å². The molecule has 0 unspecified atom stereocenters. The number of unbranched alkanes of at least 4 members (excludes halogenated alkanes) is 15. The molecular formula is C24H45NO2S. The van der Waals surface area contributed by atoms with Crippen LogP contribution < -0.4 is 0 Å². The van der Waals surface area contributed by atoms with E-state index in [1.165, 1.54) is 96.3 Å². The molecule has 0 rings (SSSR count). The molecule has 0 aliphatic carbocycles. The van der Waals surface area contributed by atoms with E-state index in [2.05, 4.69) is 13.0 Å². The molecule has 0 aliphatic rings. The van der Waals surface area contributed by atoms with Crippen molar-refractivity contribution in [2.24, 2.45) is 0 Å². The Morgan fingerprint density at radius 3 is 1.68 bits per heavy atom. The highest BCUT2D eigenvalue weighted by molar-refractivity contribution is 7.99. The van der Waals surface area contributed by atoms with Crippen LogP contribution in [0.3, 0.4) is 0 Å². The zero-order valence-electron chi connectivity index (χ0n) is 18.5. The first-order chi connectivity index (χ1) is 13.8. The molecule has 4 heteroatoms. The fraction of sp³-hybridized carbons (Fsp3) is 0.917. The van der Waals surface area contributed by atoms with E-state index in [0.717, 1.165) is 17.9 Å². The summed E-state index contributed by atoms with van der Waals surface area (Å²) in [7, 11) is 0. The van der Waals surface area contributed by atoms with Crippen LogP contribution in [0, 0.1) is 11.3 Å². The number of nitriles is 1. The van der Waals surface area contributed by atoms with Crippen LogP contribution in [0.15, 0.2) is 0 Å². The molecule has 3 nitrogen and oxygen atoms in total. The maximum atomic E-state index is 11.5. The molecule has 0 saturated heterocycles. The molecule has 0 aromatic heterocycles. The Bertz CT molecular complexity index is 368. The van der Waals surface area contributed by atoms with Crippen molar-refractivity contribution in [1.82, 2.24) is 0 Å². The second kappa shape index (κ2) is 24.3. The number of thioether (sulfide) groups is 1. The topological polar surface area (TPSA) is 50.1 Å². The number of hydrogen-bond donors (Lipinski definition) is 0. The van der Waals surface area contributed by atoms with Crippen molar-refractivity contribution in [2.75, 3.05) is 18.1 Å². The molecule has 28 heavy (non-hydrogen) atoms. The van der Waals surface area contributed by atoms with Crippen LogP contribution in [0.4, 0.5) is 0 Å². The lowest BCUT2D eigenvalue weighted by Crippen LogP contribution is -2.07. The maximum absolute atomic E-state index is 11.5. The van der Waals surface area contributed by atoms with Gasteiger partial charge in [-0.15, -0.1) is 0 Å². The van der Waals surface area contributed by atoms with Gasteiger partial charge in [-0.1, -0.05) is 103 Å². The predicted molar refractivity (Wildman–Crippen MR) is 123 cm³/mol. The summed E-state index contributed by atoms with van der Waals surface area (Å²) >= 11 is 1.65. The van der Waals surface area contributed by atoms with Crippen molar-refractivity contribution in [3.05, 3.63) is 0 Å². The molecule has 0 spiro atoms. The average molecular weight is 412 g/mol. The van der Waals surface area contributed by atoms with Gasteiger partial charge < -0.3 is 4.74 Å². The van der Waals surface area contributed by atoms with Crippen LogP contribution in [0.5, 0.6) is 0 Å². The second-order valence-electron chi connectivity index (χ2n) is 7.79. The maximum Gasteiger partial charge on any atom is 0.306 e. The largest absolute Gasteiger partial charge is 0.466 e. The predicted octanol–water partition coefficient (Wildman–Crippen LogP) is 7.83. The highest BCUT2D eigenvalue weighted by Gasteiger charge is 2.02. The van der Waals surface area contributed by atoms with Gasteiger partial charge in [-0.3, -0.25) is 4.79 Å². The Hall–Kier alpha value is -0.690. The Kier molecular flexibility index (Phi) is 23.7. The zero-order valence-corrected chi connectivity index (χ0v) is 19.3. The average Bonchev–Trinajstić information content (AvgIpc) is 2.70. The molecule has 0 saturated carbocycles. The van der Waals surface area contributed by atoms with Crippen molar-refractivity contribution >= 4 is 17.7 Å². The molecule has 0 amide bonds. The van der Waals surface area contributed by atoms with Crippen LogP contribution in [0.2, 0.25) is 0 Å². The fourth-order valence-corrected chi connectivity index (χ4v) is 4.03. The summed E-state index contributed by atoms with van der Waals surface area (Å²) in [6.45, 7) is 2.85. The lowest BCUT2D eigenvalue weighted by molar-refractivity contribution is -0.143. The lowest BCUT2D eigenvalue weighted by atomic mass is 10.0. The third-order valence-electron chi connectivity index (χ3n) is 5.07. The van der Waals surface area contributed by atoms with Gasteiger partial charge in [-0.05, 0) is 6.42 Å². The summed E-state index contributed by atoms with van der Waals surface area (Å²) in [6.07, 6.45) is 22.7. The number of ether oxygens (including phenoxy) is 1. The molecule has 164 valence electrons. The van der Waals surface area contributed by atoms with E-state index in [0.29, 0.717) is 19.4 Å². The van der Waals surface area contributed by atoms with Crippen LogP contribution in [-0.2, 0) is 9.53 Å². The van der Waals surface area contributed by atoms with E-state index in [4.69, 9.17) is 10.00 Å². The molecule has 0 aliphatic heterocycles. The first-order valence-electron chi connectivity index (χ1n) is 11.9. The molecule has 0 aromatic carbocycles. The summed E-state index contributed by atoms with van der Waals surface area (Å²) in [6, 6.07) is 2.11. The molecule has 0 bridgehead atoms. The van der Waals surface area contributed by atoms with Crippen molar-refractivity contribution in [2.45, 2.75) is 122 Å². The van der Waals surface area contributed by atoms with Crippen LogP contribution >= 0.6 is 11.8 Å². The first kappa shape index (κ1) is 27.3. The van der Waals surface area contributed by atoms with Gasteiger partial charge >= 0.3 is 5.97 Å². The minimum Gasteiger partial charge on any atom is -0.466 e. The monoisotopic (exact) mass is 411 g/mol. The van der Waals surface area contributed by atoms with Gasteiger partial charge in [0, 0.05) is 17.9 Å². The molecule has 0 fully saturated rings. The van der Waals surface area contributed by atoms with Crippen molar-refractivity contribution in [1.29, 1.82) is 5.26 Å². The van der Waals surface area contributed by atoms with E-state index in [9.17, 15) is 4.79 Å². The van der Waals surface area contributed by atoms with Crippen molar-refractivity contribution in [3.63, 3.8) is 0 Å². The van der Waals surface area contributed by atoms with Gasteiger partial charge in [0.15, 0.2) is 0 Å². The van der Waals surface area contributed by atoms with Crippen molar-refractivity contribution < 1.29 is 9.53 Å². The standard InChI is InChI=1S/C24H45NO2S/c1-2-3-4-5-6-7-8-9-10-11-12-13-14-15-16-17-21-27-24(26)19-23-28-22-18-20-25/h2-19,21-23H2,1H3. The number of esters is 1. The smallest absolute Gasteiger partial charge is 0.306 e. The van der Waals surface area contributed by atoms with E-state index in [1.807, 2.05) is 0 Å². The van der Waals surface area contributed by atoms with E-state index in [-0.39, 0.29) is 5.97 Å². The van der Waals surface area contributed by atoms with Gasteiger partial charge in [-0.25, -0.2) is 0 Å². The molecule has 0 aromatic rings. The highest BCUT2D eigenvalue weighted by atomic mass is 32.2. The van der Waals surface area contributed by atoms with Gasteiger partial charge in [0.1, 0.15) is 0 Å². The molecule has 0 atom stereocenters. The summed E-state index contributed by atoms with van der Waals surface area (Å²) in [4.78, 5) is 11.5. The minimum absolute atomic E-state index is 0.0922. The first-order valence-corrected chi connectivity index (χ1v) is 13.1. The van der Waals surface area contributed by atoms with Crippen LogP contribution in [0.1, 0.15) is 122 Å². The fourth-order valence-electron chi connectivity index (χ4n) is 3.28. The Labute approximate surface area is 179 Å². The third-order valence-corrected chi connectivity index (χ3v) is 6.06. The van der Waals surface area contributed by atoms with E-state index >= 15 is 0 Å². The molecule has 0 N–H and O–H groups in total. The molecule has 0 heterocycles. The highest BCUT2D eigenvalue weighted by Crippen LogP contribution is 2.13. The van der Waals surface area contributed by atoms with E-state index in [1.54, 1.807) is 11.8 Å². The van der Waals surface area contributed by atoms with Gasteiger partial charge in [0.25, 0.3) is 0 Å². The number of carbonyl (C=O) groups excluding carboxylic acids is 1. The Morgan fingerprint density at radius 1 is 0.750 bits per heavy atom. The quantitative estimate of drug-likeness (QED) is 0.134. The van der Waals surface area contributed by atoms with E-state index < -0.39 is 0 Å². The number of carbonyl (C=O) groups is 1. The lowest BCUT2D eigenvalue weighted by Gasteiger charge is -2.05. The molecule has 0 radical (unpaired) electrons. The van der Waals surface area contributed by atoms with Gasteiger partial charge in [0.05, 0.1) is 19.1 Å². The Morgan fingerprint density at radius 2 is 1.21 bits per heavy atom. The SMILES string of the molecule is CCCCCCCCCCCCCCCCCCOC(=O)CCSCCC#N. The summed E-state index contributed by atoms with van der Waals surface area (Å²) in [5.74, 6) is 1.48. The summed E-state index contributed by atoms with van der Waals surface area (Å²) in [5, 5.41) is 8.43. The van der Waals surface area contributed by atoms with Crippen molar-refractivity contribution in [3.8, 4) is 6.07 Å².